The van der Waals surface area contributed by atoms with Crippen molar-refractivity contribution in [3.8, 4) is 0 Å². The number of halogens is 2. The lowest BCUT2D eigenvalue weighted by Gasteiger charge is -2.30. The zero-order chi connectivity index (χ0) is 13.1. The van der Waals surface area contributed by atoms with Crippen LogP contribution in [0.1, 0.15) is 32.1 Å². The number of piperidine rings is 1. The highest BCUT2D eigenvalue weighted by Gasteiger charge is 2.26. The second-order valence-corrected chi connectivity index (χ2v) is 4.58. The molecule has 1 aromatic rings. The fourth-order valence-corrected chi connectivity index (χ4v) is 2.32. The predicted octanol–water partition coefficient (Wildman–Crippen LogP) is 2.08. The molecule has 0 amide bonds. The molecule has 6 heteroatoms. The molecular formula is C12H17F2N3O. The van der Waals surface area contributed by atoms with Gasteiger partial charge in [0, 0.05) is 37.8 Å². The average molecular weight is 257 g/mol. The highest BCUT2D eigenvalue weighted by molar-refractivity contribution is 5.82. The molecule has 100 valence electrons. The molecule has 0 N–H and O–H groups in total. The minimum atomic E-state index is -2.56. The number of carbonyl (C=O) groups excluding carboxylic acids is 1. The molecule has 1 saturated heterocycles. The number of carbonyl (C=O) groups is 1. The molecule has 1 aromatic heterocycles. The van der Waals surface area contributed by atoms with E-state index in [1.54, 1.807) is 0 Å². The van der Waals surface area contributed by atoms with Crippen molar-refractivity contribution in [2.45, 2.75) is 32.9 Å². The van der Waals surface area contributed by atoms with Gasteiger partial charge in [-0.05, 0) is 6.42 Å². The molecule has 2 rings (SSSR count). The molecule has 1 fully saturated rings. The van der Waals surface area contributed by atoms with Crippen molar-refractivity contribution >= 4 is 5.78 Å². The van der Waals surface area contributed by atoms with Crippen molar-refractivity contribution in [1.29, 1.82) is 0 Å². The maximum atomic E-state index is 12.7. The summed E-state index contributed by atoms with van der Waals surface area (Å²) in [5, 5.41) is 0. The summed E-state index contributed by atoms with van der Waals surface area (Å²) in [6.07, 6.45) is 3.98. The van der Waals surface area contributed by atoms with Gasteiger partial charge in [-0.15, -0.1) is 0 Å². The minimum absolute atomic E-state index is 0.0358. The second-order valence-electron chi connectivity index (χ2n) is 4.58. The van der Waals surface area contributed by atoms with Gasteiger partial charge >= 0.3 is 6.55 Å². The molecule has 0 spiro atoms. The predicted molar refractivity (Wildman–Crippen MR) is 62.2 cm³/mol. The van der Waals surface area contributed by atoms with E-state index in [0.29, 0.717) is 31.9 Å². The molecule has 0 bridgehead atoms. The fourth-order valence-electron chi connectivity index (χ4n) is 2.32. The summed E-state index contributed by atoms with van der Waals surface area (Å²) in [6.45, 7) is 1.07. The van der Waals surface area contributed by atoms with Gasteiger partial charge in [0.15, 0.2) is 0 Å². The Kier molecular flexibility index (Phi) is 4.06. The lowest BCUT2D eigenvalue weighted by molar-refractivity contribution is -0.126. The fraction of sp³-hybridized carbons (Fsp3) is 0.667. The van der Waals surface area contributed by atoms with Crippen molar-refractivity contribution in [1.82, 2.24) is 14.5 Å². The summed E-state index contributed by atoms with van der Waals surface area (Å²) >= 11 is 0. The largest absolute Gasteiger partial charge is 0.319 e. The Morgan fingerprint density at radius 1 is 1.56 bits per heavy atom. The summed E-state index contributed by atoms with van der Waals surface area (Å²) in [7, 11) is 0. The summed E-state index contributed by atoms with van der Waals surface area (Å²) in [4.78, 5) is 17.6. The topological polar surface area (TPSA) is 38.1 Å². The van der Waals surface area contributed by atoms with Gasteiger partial charge in [-0.3, -0.25) is 14.3 Å². The van der Waals surface area contributed by atoms with E-state index in [0.717, 1.165) is 11.0 Å². The molecule has 4 nitrogen and oxygen atoms in total. The van der Waals surface area contributed by atoms with Gasteiger partial charge in [-0.25, -0.2) is 4.98 Å². The lowest BCUT2D eigenvalue weighted by Crippen LogP contribution is -2.40. The standard InChI is InChI=1S/C12H17F2N3O/c1-2-9-7-16(5-3-10(9)18)8-11-15-4-6-17(11)12(13)14/h4,6,9,12H,2-3,5,7-8H2,1H3. The summed E-state index contributed by atoms with van der Waals surface area (Å²) in [5.41, 5.74) is 0. The monoisotopic (exact) mass is 257 g/mol. The number of aromatic nitrogens is 2. The highest BCUT2D eigenvalue weighted by Crippen LogP contribution is 2.19. The number of alkyl halides is 2. The molecule has 0 radical (unpaired) electrons. The third-order valence-corrected chi connectivity index (χ3v) is 3.43. The number of hydrogen-bond donors (Lipinski definition) is 0. The van der Waals surface area contributed by atoms with E-state index in [9.17, 15) is 13.6 Å². The van der Waals surface area contributed by atoms with E-state index in [4.69, 9.17) is 0 Å². The van der Waals surface area contributed by atoms with Crippen LogP contribution in [0.3, 0.4) is 0 Å². The zero-order valence-corrected chi connectivity index (χ0v) is 10.4. The number of likely N-dealkylation sites (tertiary alicyclic amines) is 1. The molecule has 0 saturated carbocycles. The van der Waals surface area contributed by atoms with Crippen LogP contribution in [0.4, 0.5) is 8.78 Å². The van der Waals surface area contributed by atoms with Crippen molar-refractivity contribution in [3.63, 3.8) is 0 Å². The Labute approximate surface area is 105 Å². The van der Waals surface area contributed by atoms with Gasteiger partial charge in [0.2, 0.25) is 0 Å². The maximum absolute atomic E-state index is 12.7. The van der Waals surface area contributed by atoms with Crippen LogP contribution in [-0.4, -0.2) is 33.3 Å². The van der Waals surface area contributed by atoms with Crippen molar-refractivity contribution in [2.75, 3.05) is 13.1 Å². The van der Waals surface area contributed by atoms with E-state index >= 15 is 0 Å². The third kappa shape index (κ3) is 2.75. The Morgan fingerprint density at radius 3 is 3.00 bits per heavy atom. The van der Waals surface area contributed by atoms with E-state index in [-0.39, 0.29) is 11.7 Å². The van der Waals surface area contributed by atoms with Gasteiger partial charge in [-0.1, -0.05) is 6.92 Å². The molecule has 0 aromatic carbocycles. The number of ketones is 1. The van der Waals surface area contributed by atoms with E-state index in [2.05, 4.69) is 4.98 Å². The van der Waals surface area contributed by atoms with Crippen LogP contribution in [0.15, 0.2) is 12.4 Å². The Hall–Kier alpha value is -1.30. The van der Waals surface area contributed by atoms with E-state index in [1.807, 2.05) is 11.8 Å². The number of rotatable bonds is 4. The second kappa shape index (κ2) is 5.56. The molecule has 18 heavy (non-hydrogen) atoms. The first-order valence-electron chi connectivity index (χ1n) is 6.16. The zero-order valence-electron chi connectivity index (χ0n) is 10.4. The van der Waals surface area contributed by atoms with Crippen LogP contribution in [0.25, 0.3) is 0 Å². The highest BCUT2D eigenvalue weighted by atomic mass is 19.3. The van der Waals surface area contributed by atoms with Crippen LogP contribution < -0.4 is 0 Å². The molecule has 0 aliphatic carbocycles. The van der Waals surface area contributed by atoms with Crippen LogP contribution in [0, 0.1) is 5.92 Å². The van der Waals surface area contributed by atoms with Crippen LogP contribution in [0.5, 0.6) is 0 Å². The Balaban J connectivity index is 2.01. The summed E-state index contributed by atoms with van der Waals surface area (Å²) in [5.74, 6) is 0.675. The van der Waals surface area contributed by atoms with Gasteiger partial charge in [-0.2, -0.15) is 8.78 Å². The number of hydrogen-bond acceptors (Lipinski definition) is 3. The number of nitrogens with zero attached hydrogens (tertiary/aromatic N) is 3. The Morgan fingerprint density at radius 2 is 2.33 bits per heavy atom. The molecule has 1 aliphatic rings. The first kappa shape index (κ1) is 13.1. The normalized spacial score (nSPS) is 21.8. The van der Waals surface area contributed by atoms with E-state index < -0.39 is 6.55 Å². The molecular weight excluding hydrogens is 240 g/mol. The summed E-state index contributed by atoms with van der Waals surface area (Å²) < 4.78 is 26.2. The molecule has 1 aliphatic heterocycles. The Bertz CT molecular complexity index is 419. The quantitative estimate of drug-likeness (QED) is 0.829. The number of Topliss-reactive ketones (excluding diaryl/α,β-unsaturated/α-hetero) is 1. The average Bonchev–Trinajstić information content (AvgIpc) is 2.80. The van der Waals surface area contributed by atoms with Crippen LogP contribution >= 0.6 is 0 Å². The maximum Gasteiger partial charge on any atom is 0.319 e. The molecule has 2 heterocycles. The van der Waals surface area contributed by atoms with Crippen molar-refractivity contribution in [3.05, 3.63) is 18.2 Å². The first-order chi connectivity index (χ1) is 8.61. The minimum Gasteiger partial charge on any atom is -0.299 e. The van der Waals surface area contributed by atoms with Gasteiger partial charge in [0.25, 0.3) is 0 Å². The van der Waals surface area contributed by atoms with Crippen LogP contribution in [0.2, 0.25) is 0 Å². The first-order valence-corrected chi connectivity index (χ1v) is 6.16. The van der Waals surface area contributed by atoms with E-state index in [1.165, 1.54) is 12.4 Å². The SMILES string of the molecule is CCC1CN(Cc2nccn2C(F)F)CCC1=O. The van der Waals surface area contributed by atoms with Crippen LogP contribution in [-0.2, 0) is 11.3 Å². The van der Waals surface area contributed by atoms with Crippen molar-refractivity contribution < 1.29 is 13.6 Å². The van der Waals surface area contributed by atoms with Gasteiger partial charge in [0.1, 0.15) is 11.6 Å². The number of imidazole rings is 1. The summed E-state index contributed by atoms with van der Waals surface area (Å²) in [6, 6.07) is 0. The lowest BCUT2D eigenvalue weighted by atomic mass is 9.94. The smallest absolute Gasteiger partial charge is 0.299 e. The van der Waals surface area contributed by atoms with Gasteiger partial charge in [0.05, 0.1) is 6.54 Å². The van der Waals surface area contributed by atoms with Gasteiger partial charge < -0.3 is 0 Å². The molecule has 1 unspecified atom stereocenters. The molecule has 1 atom stereocenters. The third-order valence-electron chi connectivity index (χ3n) is 3.43. The van der Waals surface area contributed by atoms with Crippen molar-refractivity contribution in [2.24, 2.45) is 5.92 Å².